The molecule has 22 heavy (non-hydrogen) atoms. The third-order valence-corrected chi connectivity index (χ3v) is 3.75. The summed E-state index contributed by atoms with van der Waals surface area (Å²) in [5.41, 5.74) is 2.49. The van der Waals surface area contributed by atoms with Crippen molar-refractivity contribution in [2.75, 3.05) is 18.1 Å². The van der Waals surface area contributed by atoms with Crippen molar-refractivity contribution in [1.82, 2.24) is 0 Å². The Kier molecular flexibility index (Phi) is 4.19. The molecule has 2 aromatic rings. The lowest BCUT2D eigenvalue weighted by Gasteiger charge is -2.29. The highest BCUT2D eigenvalue weighted by molar-refractivity contribution is 5.98. The summed E-state index contributed by atoms with van der Waals surface area (Å²) >= 11 is 0. The molecular formula is C18H17NO3. The molecule has 1 aliphatic heterocycles. The molecule has 1 amide bonds. The molecule has 1 heterocycles. The van der Waals surface area contributed by atoms with Crippen LogP contribution in [0.25, 0.3) is 0 Å². The SMILES string of the molecule is O=Cc1ccc2c(c1)N(CCCc1ccccc1)C(=O)CO2. The van der Waals surface area contributed by atoms with Gasteiger partial charge in [-0.05, 0) is 36.6 Å². The summed E-state index contributed by atoms with van der Waals surface area (Å²) in [4.78, 5) is 24.8. The van der Waals surface area contributed by atoms with Crippen LogP contribution in [0.4, 0.5) is 5.69 Å². The molecule has 0 saturated carbocycles. The first-order valence-electron chi connectivity index (χ1n) is 7.34. The molecule has 0 unspecified atom stereocenters. The molecule has 3 rings (SSSR count). The second kappa shape index (κ2) is 6.43. The van der Waals surface area contributed by atoms with Gasteiger partial charge in [0.25, 0.3) is 5.91 Å². The number of nitrogens with zero attached hydrogens (tertiary/aromatic N) is 1. The summed E-state index contributed by atoms with van der Waals surface area (Å²) in [6.07, 6.45) is 2.55. The Hall–Kier alpha value is -2.62. The van der Waals surface area contributed by atoms with Crippen molar-refractivity contribution in [3.63, 3.8) is 0 Å². The fourth-order valence-electron chi connectivity index (χ4n) is 2.62. The molecule has 0 radical (unpaired) electrons. The van der Waals surface area contributed by atoms with Gasteiger partial charge in [-0.15, -0.1) is 0 Å². The number of benzene rings is 2. The topological polar surface area (TPSA) is 46.6 Å². The average Bonchev–Trinajstić information content (AvgIpc) is 2.57. The molecular weight excluding hydrogens is 278 g/mol. The number of rotatable bonds is 5. The number of carbonyl (C=O) groups excluding carboxylic acids is 2. The number of fused-ring (bicyclic) bond motifs is 1. The quantitative estimate of drug-likeness (QED) is 0.797. The molecule has 0 N–H and O–H groups in total. The molecule has 0 atom stereocenters. The van der Waals surface area contributed by atoms with E-state index in [9.17, 15) is 9.59 Å². The normalized spacial score (nSPS) is 13.5. The lowest BCUT2D eigenvalue weighted by molar-refractivity contribution is -0.121. The second-order valence-corrected chi connectivity index (χ2v) is 5.27. The van der Waals surface area contributed by atoms with Crippen molar-refractivity contribution in [3.05, 3.63) is 59.7 Å². The molecule has 0 saturated heterocycles. The van der Waals surface area contributed by atoms with E-state index in [0.29, 0.717) is 23.5 Å². The highest BCUT2D eigenvalue weighted by Gasteiger charge is 2.25. The van der Waals surface area contributed by atoms with Crippen molar-refractivity contribution in [2.45, 2.75) is 12.8 Å². The lowest BCUT2D eigenvalue weighted by atomic mass is 10.1. The van der Waals surface area contributed by atoms with Gasteiger partial charge in [-0.2, -0.15) is 0 Å². The van der Waals surface area contributed by atoms with Crippen molar-refractivity contribution >= 4 is 17.9 Å². The standard InChI is InChI=1S/C18H17NO3/c20-12-15-8-9-17-16(11-15)19(18(21)13-22-17)10-4-7-14-5-2-1-3-6-14/h1-3,5-6,8-9,11-12H,4,7,10,13H2. The van der Waals surface area contributed by atoms with Gasteiger partial charge in [-0.3, -0.25) is 9.59 Å². The van der Waals surface area contributed by atoms with Gasteiger partial charge in [0.2, 0.25) is 0 Å². The van der Waals surface area contributed by atoms with Crippen LogP contribution in [-0.2, 0) is 11.2 Å². The van der Waals surface area contributed by atoms with E-state index in [1.54, 1.807) is 23.1 Å². The third kappa shape index (κ3) is 3.01. The van der Waals surface area contributed by atoms with Crippen LogP contribution in [0.3, 0.4) is 0 Å². The first-order valence-corrected chi connectivity index (χ1v) is 7.34. The molecule has 0 fully saturated rings. The first kappa shape index (κ1) is 14.3. The predicted octanol–water partition coefficient (Wildman–Crippen LogP) is 2.86. The maximum atomic E-state index is 12.1. The van der Waals surface area contributed by atoms with Gasteiger partial charge in [0.1, 0.15) is 12.0 Å². The zero-order valence-electron chi connectivity index (χ0n) is 12.2. The Morgan fingerprint density at radius 2 is 1.95 bits per heavy atom. The summed E-state index contributed by atoms with van der Waals surface area (Å²) in [5.74, 6) is 0.591. The summed E-state index contributed by atoms with van der Waals surface area (Å²) < 4.78 is 5.42. The number of aryl methyl sites for hydroxylation is 1. The molecule has 4 heteroatoms. The van der Waals surface area contributed by atoms with Crippen molar-refractivity contribution in [1.29, 1.82) is 0 Å². The second-order valence-electron chi connectivity index (χ2n) is 5.27. The van der Waals surface area contributed by atoms with Crippen molar-refractivity contribution in [3.8, 4) is 5.75 Å². The number of carbonyl (C=O) groups is 2. The third-order valence-electron chi connectivity index (χ3n) is 3.75. The Morgan fingerprint density at radius 3 is 2.73 bits per heavy atom. The van der Waals surface area contributed by atoms with E-state index in [1.165, 1.54) is 5.56 Å². The average molecular weight is 295 g/mol. The molecule has 0 aliphatic carbocycles. The van der Waals surface area contributed by atoms with Crippen LogP contribution in [0.1, 0.15) is 22.3 Å². The van der Waals surface area contributed by atoms with E-state index in [-0.39, 0.29) is 12.5 Å². The Bertz CT molecular complexity index is 682. The molecule has 0 aromatic heterocycles. The largest absolute Gasteiger partial charge is 0.482 e. The number of amides is 1. The van der Waals surface area contributed by atoms with Gasteiger partial charge in [-0.1, -0.05) is 30.3 Å². The molecule has 1 aliphatic rings. The summed E-state index contributed by atoms with van der Waals surface area (Å²) in [6, 6.07) is 15.3. The molecule has 0 bridgehead atoms. The van der Waals surface area contributed by atoms with Crippen molar-refractivity contribution in [2.24, 2.45) is 0 Å². The Labute approximate surface area is 129 Å². The minimum absolute atomic E-state index is 0.0543. The number of anilines is 1. The smallest absolute Gasteiger partial charge is 0.265 e. The van der Waals surface area contributed by atoms with Crippen LogP contribution in [0.5, 0.6) is 5.75 Å². The minimum atomic E-state index is -0.0661. The van der Waals surface area contributed by atoms with Gasteiger partial charge in [0.05, 0.1) is 5.69 Å². The van der Waals surface area contributed by atoms with Crippen LogP contribution < -0.4 is 9.64 Å². The highest BCUT2D eigenvalue weighted by Crippen LogP contribution is 2.32. The van der Waals surface area contributed by atoms with Crippen LogP contribution >= 0.6 is 0 Å². The number of ether oxygens (including phenoxy) is 1. The zero-order chi connectivity index (χ0) is 15.4. The number of hydrogen-bond donors (Lipinski definition) is 0. The molecule has 2 aromatic carbocycles. The fourth-order valence-corrected chi connectivity index (χ4v) is 2.62. The van der Waals surface area contributed by atoms with E-state index >= 15 is 0 Å². The zero-order valence-corrected chi connectivity index (χ0v) is 12.2. The minimum Gasteiger partial charge on any atom is -0.482 e. The summed E-state index contributed by atoms with van der Waals surface area (Å²) in [6.45, 7) is 0.672. The first-order chi connectivity index (χ1) is 10.8. The lowest BCUT2D eigenvalue weighted by Crippen LogP contribution is -2.39. The van der Waals surface area contributed by atoms with E-state index in [1.807, 2.05) is 18.2 Å². The maximum Gasteiger partial charge on any atom is 0.265 e. The van der Waals surface area contributed by atoms with Crippen LogP contribution in [-0.4, -0.2) is 25.3 Å². The van der Waals surface area contributed by atoms with Gasteiger partial charge >= 0.3 is 0 Å². The Morgan fingerprint density at radius 1 is 1.14 bits per heavy atom. The summed E-state index contributed by atoms with van der Waals surface area (Å²) in [7, 11) is 0. The van der Waals surface area contributed by atoms with Crippen LogP contribution in [0.2, 0.25) is 0 Å². The van der Waals surface area contributed by atoms with Gasteiger partial charge in [-0.25, -0.2) is 0 Å². The van der Waals surface area contributed by atoms with E-state index in [0.717, 1.165) is 19.1 Å². The molecule has 0 spiro atoms. The fraction of sp³-hybridized carbons (Fsp3) is 0.222. The van der Waals surface area contributed by atoms with Gasteiger partial charge < -0.3 is 9.64 Å². The predicted molar refractivity (Wildman–Crippen MR) is 84.4 cm³/mol. The number of hydrogen-bond acceptors (Lipinski definition) is 3. The number of aldehydes is 1. The van der Waals surface area contributed by atoms with E-state index < -0.39 is 0 Å². The van der Waals surface area contributed by atoms with Crippen LogP contribution in [0, 0.1) is 0 Å². The van der Waals surface area contributed by atoms with Gasteiger partial charge in [0, 0.05) is 12.1 Å². The van der Waals surface area contributed by atoms with Crippen LogP contribution in [0.15, 0.2) is 48.5 Å². The Balaban J connectivity index is 1.73. The van der Waals surface area contributed by atoms with E-state index in [4.69, 9.17) is 4.74 Å². The van der Waals surface area contributed by atoms with E-state index in [2.05, 4.69) is 12.1 Å². The molecule has 4 nitrogen and oxygen atoms in total. The summed E-state index contributed by atoms with van der Waals surface area (Å²) in [5, 5.41) is 0. The van der Waals surface area contributed by atoms with Crippen molar-refractivity contribution < 1.29 is 14.3 Å². The highest BCUT2D eigenvalue weighted by atomic mass is 16.5. The monoisotopic (exact) mass is 295 g/mol. The van der Waals surface area contributed by atoms with Gasteiger partial charge in [0.15, 0.2) is 6.61 Å². The molecule has 112 valence electrons. The maximum absolute atomic E-state index is 12.1.